The van der Waals surface area contributed by atoms with Gasteiger partial charge in [-0.1, -0.05) is 18.5 Å². The van der Waals surface area contributed by atoms with Crippen LogP contribution in [0.15, 0.2) is 23.4 Å². The number of hydrogen-bond donors (Lipinski definition) is 1. The number of unbranched alkanes of at least 4 members (excludes halogenated alkanes) is 1. The maximum atomic E-state index is 10.7. The van der Waals surface area contributed by atoms with E-state index >= 15 is 0 Å². The number of aryl methyl sites for hydroxylation is 1. The van der Waals surface area contributed by atoms with Gasteiger partial charge in [0.15, 0.2) is 0 Å². The largest absolute Gasteiger partial charge is 0.411 e. The van der Waals surface area contributed by atoms with Gasteiger partial charge in [-0.05, 0) is 31.4 Å². The Morgan fingerprint density at radius 1 is 1.53 bits per heavy atom. The summed E-state index contributed by atoms with van der Waals surface area (Å²) in [5.41, 5.74) is 2.18. The fraction of sp³-hybridized carbons (Fsp3) is 0.417. The SMILES string of the molecule is CCCCc1cc([N+](=O)[O-])ccc1C(C)=NO. The molecular formula is C12H16N2O3. The fourth-order valence-electron chi connectivity index (χ4n) is 1.67. The topological polar surface area (TPSA) is 75.7 Å². The first-order valence-corrected chi connectivity index (χ1v) is 5.56. The van der Waals surface area contributed by atoms with Gasteiger partial charge in [0.1, 0.15) is 0 Å². The fourth-order valence-corrected chi connectivity index (χ4v) is 1.67. The summed E-state index contributed by atoms with van der Waals surface area (Å²) in [5, 5.41) is 22.6. The summed E-state index contributed by atoms with van der Waals surface area (Å²) in [7, 11) is 0. The third-order valence-electron chi connectivity index (χ3n) is 2.64. The van der Waals surface area contributed by atoms with Crippen molar-refractivity contribution in [1.29, 1.82) is 0 Å². The molecule has 0 saturated heterocycles. The first kappa shape index (κ1) is 13.2. The summed E-state index contributed by atoms with van der Waals surface area (Å²) in [6, 6.07) is 4.62. The van der Waals surface area contributed by atoms with Crippen molar-refractivity contribution in [1.82, 2.24) is 0 Å². The standard InChI is InChI=1S/C12H16N2O3/c1-3-4-5-10-8-11(14(16)17)6-7-12(10)9(2)13-15/h6-8,15H,3-5H2,1-2H3. The van der Waals surface area contributed by atoms with Crippen LogP contribution in [-0.2, 0) is 6.42 Å². The molecule has 0 bridgehead atoms. The Bertz CT molecular complexity index is 441. The minimum absolute atomic E-state index is 0.0746. The van der Waals surface area contributed by atoms with Crippen molar-refractivity contribution in [3.05, 3.63) is 39.4 Å². The van der Waals surface area contributed by atoms with E-state index in [0.29, 0.717) is 5.71 Å². The molecule has 0 heterocycles. The minimum atomic E-state index is -0.412. The first-order valence-electron chi connectivity index (χ1n) is 5.56. The van der Waals surface area contributed by atoms with E-state index in [1.807, 2.05) is 0 Å². The lowest BCUT2D eigenvalue weighted by atomic mass is 9.98. The van der Waals surface area contributed by atoms with Gasteiger partial charge in [-0.25, -0.2) is 0 Å². The van der Waals surface area contributed by atoms with E-state index in [9.17, 15) is 10.1 Å². The van der Waals surface area contributed by atoms with Gasteiger partial charge in [-0.2, -0.15) is 0 Å². The number of nitro benzene ring substituents is 1. The Morgan fingerprint density at radius 2 is 2.24 bits per heavy atom. The van der Waals surface area contributed by atoms with Gasteiger partial charge in [0.25, 0.3) is 5.69 Å². The second kappa shape index (κ2) is 5.98. The second-order valence-electron chi connectivity index (χ2n) is 3.89. The van der Waals surface area contributed by atoms with E-state index in [1.165, 1.54) is 6.07 Å². The maximum Gasteiger partial charge on any atom is 0.269 e. The molecule has 17 heavy (non-hydrogen) atoms. The van der Waals surface area contributed by atoms with E-state index in [2.05, 4.69) is 12.1 Å². The number of rotatable bonds is 5. The highest BCUT2D eigenvalue weighted by molar-refractivity contribution is 5.99. The highest BCUT2D eigenvalue weighted by atomic mass is 16.6. The van der Waals surface area contributed by atoms with Crippen LogP contribution in [0.1, 0.15) is 37.8 Å². The van der Waals surface area contributed by atoms with Gasteiger partial charge in [0.2, 0.25) is 0 Å². The van der Waals surface area contributed by atoms with E-state index in [1.54, 1.807) is 19.1 Å². The molecule has 0 aliphatic heterocycles. The molecule has 92 valence electrons. The van der Waals surface area contributed by atoms with Crippen LogP contribution in [0.3, 0.4) is 0 Å². The lowest BCUT2D eigenvalue weighted by Crippen LogP contribution is -2.02. The van der Waals surface area contributed by atoms with Crippen molar-refractivity contribution in [2.75, 3.05) is 0 Å². The van der Waals surface area contributed by atoms with Crippen molar-refractivity contribution in [3.63, 3.8) is 0 Å². The van der Waals surface area contributed by atoms with Crippen molar-refractivity contribution in [2.45, 2.75) is 33.1 Å². The van der Waals surface area contributed by atoms with Crippen LogP contribution in [0.5, 0.6) is 0 Å². The summed E-state index contributed by atoms with van der Waals surface area (Å²) < 4.78 is 0. The molecular weight excluding hydrogens is 220 g/mol. The smallest absolute Gasteiger partial charge is 0.269 e. The molecule has 0 spiro atoms. The lowest BCUT2D eigenvalue weighted by Gasteiger charge is -2.07. The van der Waals surface area contributed by atoms with Crippen LogP contribution < -0.4 is 0 Å². The van der Waals surface area contributed by atoms with Crippen LogP contribution >= 0.6 is 0 Å². The van der Waals surface area contributed by atoms with Crippen molar-refractivity contribution in [3.8, 4) is 0 Å². The Labute approximate surface area is 99.9 Å². The molecule has 0 aliphatic rings. The normalized spacial score (nSPS) is 11.5. The minimum Gasteiger partial charge on any atom is -0.411 e. The molecule has 0 saturated carbocycles. The molecule has 0 radical (unpaired) electrons. The monoisotopic (exact) mass is 236 g/mol. The number of nitro groups is 1. The highest BCUT2D eigenvalue weighted by Crippen LogP contribution is 2.20. The summed E-state index contributed by atoms with van der Waals surface area (Å²) in [6.45, 7) is 3.74. The van der Waals surface area contributed by atoms with Crippen LogP contribution in [0.25, 0.3) is 0 Å². The molecule has 1 N–H and O–H groups in total. The predicted molar refractivity (Wildman–Crippen MR) is 65.7 cm³/mol. The van der Waals surface area contributed by atoms with Gasteiger partial charge in [0.05, 0.1) is 10.6 Å². The van der Waals surface area contributed by atoms with Crippen molar-refractivity contribution in [2.24, 2.45) is 5.16 Å². The summed E-state index contributed by atoms with van der Waals surface area (Å²) >= 11 is 0. The molecule has 5 nitrogen and oxygen atoms in total. The van der Waals surface area contributed by atoms with Gasteiger partial charge < -0.3 is 5.21 Å². The van der Waals surface area contributed by atoms with E-state index < -0.39 is 4.92 Å². The molecule has 0 aromatic heterocycles. The summed E-state index contributed by atoms with van der Waals surface area (Å²) in [4.78, 5) is 10.3. The van der Waals surface area contributed by atoms with Gasteiger partial charge >= 0.3 is 0 Å². The van der Waals surface area contributed by atoms with Crippen molar-refractivity contribution >= 4 is 11.4 Å². The van der Waals surface area contributed by atoms with Crippen LogP contribution in [0, 0.1) is 10.1 Å². The van der Waals surface area contributed by atoms with E-state index in [-0.39, 0.29) is 5.69 Å². The highest BCUT2D eigenvalue weighted by Gasteiger charge is 2.12. The molecule has 0 amide bonds. The van der Waals surface area contributed by atoms with E-state index in [0.717, 1.165) is 30.4 Å². The number of oxime groups is 1. The number of nitrogens with zero attached hydrogens (tertiary/aromatic N) is 2. The molecule has 1 aromatic carbocycles. The van der Waals surface area contributed by atoms with Crippen LogP contribution in [0.2, 0.25) is 0 Å². The Kier molecular flexibility index (Phi) is 4.63. The molecule has 1 aromatic rings. The zero-order valence-electron chi connectivity index (χ0n) is 10.0. The van der Waals surface area contributed by atoms with Gasteiger partial charge in [-0.3, -0.25) is 10.1 Å². The Hall–Kier alpha value is -1.91. The average molecular weight is 236 g/mol. The molecule has 0 atom stereocenters. The molecule has 0 aliphatic carbocycles. The molecule has 0 unspecified atom stereocenters. The number of hydrogen-bond acceptors (Lipinski definition) is 4. The zero-order chi connectivity index (χ0) is 12.8. The quantitative estimate of drug-likeness (QED) is 0.369. The first-order chi connectivity index (χ1) is 8.10. The van der Waals surface area contributed by atoms with Gasteiger partial charge in [0, 0.05) is 17.7 Å². The Morgan fingerprint density at radius 3 is 2.76 bits per heavy atom. The van der Waals surface area contributed by atoms with E-state index in [4.69, 9.17) is 5.21 Å². The Balaban J connectivity index is 3.16. The lowest BCUT2D eigenvalue weighted by molar-refractivity contribution is -0.384. The maximum absolute atomic E-state index is 10.7. The second-order valence-corrected chi connectivity index (χ2v) is 3.89. The summed E-state index contributed by atoms with van der Waals surface area (Å²) in [6.07, 6.45) is 2.71. The van der Waals surface area contributed by atoms with Crippen LogP contribution in [0.4, 0.5) is 5.69 Å². The van der Waals surface area contributed by atoms with Crippen molar-refractivity contribution < 1.29 is 10.1 Å². The number of non-ortho nitro benzene ring substituents is 1. The zero-order valence-corrected chi connectivity index (χ0v) is 10.0. The number of benzene rings is 1. The third kappa shape index (κ3) is 3.27. The predicted octanol–water partition coefficient (Wildman–Crippen LogP) is 3.14. The molecule has 1 rings (SSSR count). The summed E-state index contributed by atoms with van der Waals surface area (Å²) in [5.74, 6) is 0. The average Bonchev–Trinajstić information content (AvgIpc) is 2.34. The molecule has 0 fully saturated rings. The third-order valence-corrected chi connectivity index (χ3v) is 2.64. The molecule has 5 heteroatoms. The van der Waals surface area contributed by atoms with Gasteiger partial charge in [-0.15, -0.1) is 0 Å². The van der Waals surface area contributed by atoms with Crippen LogP contribution in [-0.4, -0.2) is 15.8 Å².